The first kappa shape index (κ1) is 24.1. The van der Waals surface area contributed by atoms with E-state index in [1.807, 2.05) is 60.8 Å². The van der Waals surface area contributed by atoms with Gasteiger partial charge in [0.25, 0.3) is 0 Å². The van der Waals surface area contributed by atoms with Crippen LogP contribution in [0.4, 0.5) is 5.69 Å². The standard InChI is InChI=1S/C28H24N4O4/c1-34-25-14-8-20(18-26(25)35-2)28-21(19-32(31-28)23-6-4-3-5-7-23)9-15-27(33)30-22-10-12-24(13-11-22)36-17-16-29/h3-15,18-19H,17H2,1-2H3,(H,30,33)/b15-9+. The van der Waals surface area contributed by atoms with E-state index in [0.29, 0.717) is 28.6 Å². The number of carbonyl (C=O) groups is 1. The number of rotatable bonds is 9. The summed E-state index contributed by atoms with van der Waals surface area (Å²) < 4.78 is 17.8. The third kappa shape index (κ3) is 5.72. The molecule has 0 aliphatic carbocycles. The summed E-state index contributed by atoms with van der Waals surface area (Å²) in [7, 11) is 3.17. The van der Waals surface area contributed by atoms with Gasteiger partial charge in [0, 0.05) is 29.1 Å². The van der Waals surface area contributed by atoms with Crippen molar-refractivity contribution in [1.82, 2.24) is 9.78 Å². The number of para-hydroxylation sites is 1. The van der Waals surface area contributed by atoms with E-state index in [4.69, 9.17) is 24.6 Å². The third-order valence-electron chi connectivity index (χ3n) is 5.26. The van der Waals surface area contributed by atoms with Gasteiger partial charge in [-0.25, -0.2) is 4.68 Å². The third-order valence-corrected chi connectivity index (χ3v) is 5.26. The Morgan fingerprint density at radius 2 is 1.78 bits per heavy atom. The summed E-state index contributed by atoms with van der Waals surface area (Å²) in [5, 5.41) is 16.2. The Morgan fingerprint density at radius 1 is 1.03 bits per heavy atom. The molecule has 0 saturated carbocycles. The molecule has 0 radical (unpaired) electrons. The predicted molar refractivity (Wildman–Crippen MR) is 137 cm³/mol. The zero-order valence-electron chi connectivity index (χ0n) is 19.8. The number of aromatic nitrogens is 2. The van der Waals surface area contributed by atoms with Crippen LogP contribution in [-0.2, 0) is 4.79 Å². The van der Waals surface area contributed by atoms with Crippen LogP contribution in [0.3, 0.4) is 0 Å². The van der Waals surface area contributed by atoms with Crippen LogP contribution < -0.4 is 19.5 Å². The van der Waals surface area contributed by atoms with Gasteiger partial charge in [0.15, 0.2) is 18.1 Å². The van der Waals surface area contributed by atoms with E-state index in [-0.39, 0.29) is 12.5 Å². The van der Waals surface area contributed by atoms with E-state index in [9.17, 15) is 4.79 Å². The van der Waals surface area contributed by atoms with Gasteiger partial charge in [-0.2, -0.15) is 10.4 Å². The van der Waals surface area contributed by atoms with Crippen LogP contribution in [0.25, 0.3) is 23.0 Å². The Kier molecular flexibility index (Phi) is 7.63. The average molecular weight is 481 g/mol. The molecule has 0 unspecified atom stereocenters. The molecule has 0 spiro atoms. The summed E-state index contributed by atoms with van der Waals surface area (Å²) in [6.07, 6.45) is 5.04. The molecule has 1 N–H and O–H groups in total. The molecule has 36 heavy (non-hydrogen) atoms. The van der Waals surface area contributed by atoms with Crippen molar-refractivity contribution >= 4 is 17.7 Å². The van der Waals surface area contributed by atoms with Gasteiger partial charge in [-0.05, 0) is 60.7 Å². The van der Waals surface area contributed by atoms with Crippen molar-refractivity contribution in [3.05, 3.63) is 90.6 Å². The Hall–Kier alpha value is -5.03. The van der Waals surface area contributed by atoms with Crippen molar-refractivity contribution in [2.24, 2.45) is 0 Å². The molecular weight excluding hydrogens is 456 g/mol. The molecule has 8 nitrogen and oxygen atoms in total. The molecule has 8 heteroatoms. The molecule has 0 fully saturated rings. The minimum absolute atomic E-state index is 0.0342. The number of carbonyl (C=O) groups excluding carboxylic acids is 1. The Bertz CT molecular complexity index is 1400. The largest absolute Gasteiger partial charge is 0.493 e. The molecule has 3 aromatic carbocycles. The van der Waals surface area contributed by atoms with E-state index in [1.165, 1.54) is 6.08 Å². The summed E-state index contributed by atoms with van der Waals surface area (Å²) in [6.45, 7) is -0.0342. The van der Waals surface area contributed by atoms with Crippen molar-refractivity contribution in [2.45, 2.75) is 0 Å². The fraction of sp³-hybridized carbons (Fsp3) is 0.107. The second-order valence-corrected chi connectivity index (χ2v) is 7.58. The van der Waals surface area contributed by atoms with Gasteiger partial charge in [-0.1, -0.05) is 18.2 Å². The molecular formula is C28H24N4O4. The number of benzene rings is 3. The first-order valence-corrected chi connectivity index (χ1v) is 11.1. The molecule has 180 valence electrons. The van der Waals surface area contributed by atoms with E-state index in [1.54, 1.807) is 49.2 Å². The summed E-state index contributed by atoms with van der Waals surface area (Å²) in [4.78, 5) is 12.6. The zero-order valence-corrected chi connectivity index (χ0v) is 19.8. The summed E-state index contributed by atoms with van der Waals surface area (Å²) >= 11 is 0. The van der Waals surface area contributed by atoms with Crippen LogP contribution >= 0.6 is 0 Å². The lowest BCUT2D eigenvalue weighted by Gasteiger charge is -2.09. The number of nitrogens with zero attached hydrogens (tertiary/aromatic N) is 3. The first-order chi connectivity index (χ1) is 17.6. The van der Waals surface area contributed by atoms with Crippen molar-refractivity contribution < 1.29 is 19.0 Å². The number of nitrogens with one attached hydrogen (secondary N) is 1. The van der Waals surface area contributed by atoms with Crippen LogP contribution in [0, 0.1) is 11.3 Å². The Labute approximate surface area is 209 Å². The van der Waals surface area contributed by atoms with Crippen molar-refractivity contribution in [2.75, 3.05) is 26.1 Å². The lowest BCUT2D eigenvalue weighted by atomic mass is 10.1. The molecule has 1 heterocycles. The van der Waals surface area contributed by atoms with Gasteiger partial charge in [0.05, 0.1) is 19.9 Å². The SMILES string of the molecule is COc1ccc(-c2nn(-c3ccccc3)cc2/C=C/C(=O)Nc2ccc(OCC#N)cc2)cc1OC. The van der Waals surface area contributed by atoms with Crippen LogP contribution in [-0.4, -0.2) is 36.5 Å². The normalized spacial score (nSPS) is 10.6. The predicted octanol–water partition coefficient (Wildman–Crippen LogP) is 5.11. The molecule has 1 aromatic heterocycles. The topological polar surface area (TPSA) is 98.4 Å². The molecule has 4 rings (SSSR count). The summed E-state index contributed by atoms with van der Waals surface area (Å²) in [5.74, 6) is 1.45. The van der Waals surface area contributed by atoms with Crippen LogP contribution in [0.15, 0.2) is 85.1 Å². The van der Waals surface area contributed by atoms with E-state index in [0.717, 1.165) is 16.8 Å². The Morgan fingerprint density at radius 3 is 2.47 bits per heavy atom. The van der Waals surface area contributed by atoms with Crippen molar-refractivity contribution in [3.8, 4) is 40.3 Å². The molecule has 0 saturated heterocycles. The monoisotopic (exact) mass is 480 g/mol. The van der Waals surface area contributed by atoms with Crippen molar-refractivity contribution in [3.63, 3.8) is 0 Å². The number of ether oxygens (including phenoxy) is 3. The number of hydrogen-bond donors (Lipinski definition) is 1. The molecule has 4 aromatic rings. The molecule has 0 aliphatic rings. The van der Waals surface area contributed by atoms with Crippen LogP contribution in [0.2, 0.25) is 0 Å². The van der Waals surface area contributed by atoms with Crippen LogP contribution in [0.1, 0.15) is 5.56 Å². The average Bonchev–Trinajstić information content (AvgIpc) is 3.36. The van der Waals surface area contributed by atoms with Gasteiger partial charge in [0.2, 0.25) is 5.91 Å². The summed E-state index contributed by atoms with van der Waals surface area (Å²) in [6, 6.07) is 24.0. The molecule has 1 amide bonds. The summed E-state index contributed by atoms with van der Waals surface area (Å²) in [5.41, 5.74) is 3.75. The van der Waals surface area contributed by atoms with Gasteiger partial charge >= 0.3 is 0 Å². The highest BCUT2D eigenvalue weighted by molar-refractivity contribution is 6.02. The van der Waals surface area contributed by atoms with E-state index in [2.05, 4.69) is 5.32 Å². The number of methoxy groups -OCH3 is 2. The first-order valence-electron chi connectivity index (χ1n) is 11.1. The maximum atomic E-state index is 12.6. The second kappa shape index (κ2) is 11.4. The lowest BCUT2D eigenvalue weighted by Crippen LogP contribution is -2.07. The Balaban J connectivity index is 1.61. The number of anilines is 1. The highest BCUT2D eigenvalue weighted by Gasteiger charge is 2.14. The van der Waals surface area contributed by atoms with Crippen molar-refractivity contribution in [1.29, 1.82) is 5.26 Å². The zero-order chi connectivity index (χ0) is 25.3. The molecule has 0 aliphatic heterocycles. The number of nitriles is 1. The fourth-order valence-electron chi connectivity index (χ4n) is 3.53. The second-order valence-electron chi connectivity index (χ2n) is 7.58. The number of hydrogen-bond acceptors (Lipinski definition) is 6. The van der Waals surface area contributed by atoms with Gasteiger partial charge in [0.1, 0.15) is 17.5 Å². The molecule has 0 bridgehead atoms. The maximum Gasteiger partial charge on any atom is 0.248 e. The fourth-order valence-corrected chi connectivity index (χ4v) is 3.53. The maximum absolute atomic E-state index is 12.6. The quantitative estimate of drug-likeness (QED) is 0.334. The lowest BCUT2D eigenvalue weighted by molar-refractivity contribution is -0.111. The number of amides is 1. The van der Waals surface area contributed by atoms with Gasteiger partial charge in [-0.3, -0.25) is 4.79 Å². The van der Waals surface area contributed by atoms with E-state index < -0.39 is 0 Å². The van der Waals surface area contributed by atoms with Crippen LogP contribution in [0.5, 0.6) is 17.2 Å². The minimum atomic E-state index is -0.300. The highest BCUT2D eigenvalue weighted by atomic mass is 16.5. The minimum Gasteiger partial charge on any atom is -0.493 e. The smallest absolute Gasteiger partial charge is 0.248 e. The highest BCUT2D eigenvalue weighted by Crippen LogP contribution is 2.33. The van der Waals surface area contributed by atoms with Gasteiger partial charge in [-0.15, -0.1) is 0 Å². The van der Waals surface area contributed by atoms with E-state index >= 15 is 0 Å². The van der Waals surface area contributed by atoms with Gasteiger partial charge < -0.3 is 19.5 Å². The molecule has 0 atom stereocenters.